The summed E-state index contributed by atoms with van der Waals surface area (Å²) < 4.78 is 0. The standard InChI is InChI=1S/C21H21N3O2/c1-14-3-2-4-16(9-14)17-12-24(13-18(17)21(25)26)11-15-5-6-19-20(10-15)23-8-7-22-19/h2-10,17-18H,11-13H2,1H3,(H,25,26)/t17-,18+/m0/s1. The molecule has 1 N–H and O–H groups in total. The van der Waals surface area contributed by atoms with Gasteiger partial charge in [-0.05, 0) is 30.2 Å². The van der Waals surface area contributed by atoms with E-state index in [1.165, 1.54) is 0 Å². The second-order valence-electron chi connectivity index (χ2n) is 7.04. The molecule has 1 aliphatic heterocycles. The van der Waals surface area contributed by atoms with Gasteiger partial charge >= 0.3 is 5.97 Å². The van der Waals surface area contributed by atoms with Gasteiger partial charge in [-0.1, -0.05) is 35.9 Å². The summed E-state index contributed by atoms with van der Waals surface area (Å²) in [7, 11) is 0. The van der Waals surface area contributed by atoms with E-state index < -0.39 is 5.97 Å². The Balaban J connectivity index is 1.56. The first-order valence-electron chi connectivity index (χ1n) is 8.81. The molecule has 1 fully saturated rings. The van der Waals surface area contributed by atoms with Crippen LogP contribution in [0.2, 0.25) is 0 Å². The zero-order chi connectivity index (χ0) is 18.1. The SMILES string of the molecule is Cc1cccc([C@@H]2CN(Cc3ccc4nccnc4c3)C[C@H]2C(=O)O)c1. The predicted molar refractivity (Wildman–Crippen MR) is 99.9 cm³/mol. The van der Waals surface area contributed by atoms with Crippen molar-refractivity contribution in [2.45, 2.75) is 19.4 Å². The molecule has 26 heavy (non-hydrogen) atoms. The molecule has 4 rings (SSSR count). The van der Waals surface area contributed by atoms with Crippen LogP contribution in [-0.2, 0) is 11.3 Å². The molecule has 0 saturated carbocycles. The van der Waals surface area contributed by atoms with Crippen LogP contribution in [0.25, 0.3) is 11.0 Å². The van der Waals surface area contributed by atoms with E-state index in [-0.39, 0.29) is 11.8 Å². The van der Waals surface area contributed by atoms with Gasteiger partial charge < -0.3 is 5.11 Å². The van der Waals surface area contributed by atoms with Crippen LogP contribution in [0.4, 0.5) is 0 Å². The van der Waals surface area contributed by atoms with Crippen LogP contribution in [0.5, 0.6) is 0 Å². The van der Waals surface area contributed by atoms with Crippen molar-refractivity contribution >= 4 is 17.0 Å². The smallest absolute Gasteiger partial charge is 0.308 e. The second-order valence-corrected chi connectivity index (χ2v) is 7.04. The van der Waals surface area contributed by atoms with Gasteiger partial charge in [0.05, 0.1) is 17.0 Å². The first-order chi connectivity index (χ1) is 12.6. The number of aryl methyl sites for hydroxylation is 1. The molecule has 0 spiro atoms. The Morgan fingerprint density at radius 1 is 1.12 bits per heavy atom. The Hall–Kier alpha value is -2.79. The van der Waals surface area contributed by atoms with Crippen LogP contribution < -0.4 is 0 Å². The van der Waals surface area contributed by atoms with Crippen LogP contribution >= 0.6 is 0 Å². The van der Waals surface area contributed by atoms with Gasteiger partial charge in [0.15, 0.2) is 0 Å². The van der Waals surface area contributed by atoms with Crippen LogP contribution in [0, 0.1) is 12.8 Å². The topological polar surface area (TPSA) is 66.3 Å². The fraction of sp³-hybridized carbons (Fsp3) is 0.286. The first-order valence-corrected chi connectivity index (χ1v) is 8.81. The lowest BCUT2D eigenvalue weighted by molar-refractivity contribution is -0.141. The molecule has 1 aliphatic rings. The number of hydrogen-bond acceptors (Lipinski definition) is 4. The van der Waals surface area contributed by atoms with E-state index in [0.717, 1.165) is 40.8 Å². The molecular weight excluding hydrogens is 326 g/mol. The summed E-state index contributed by atoms with van der Waals surface area (Å²) in [6.07, 6.45) is 3.38. The highest BCUT2D eigenvalue weighted by molar-refractivity contribution is 5.74. The van der Waals surface area contributed by atoms with Crippen molar-refractivity contribution in [1.29, 1.82) is 0 Å². The molecule has 5 heteroatoms. The number of aromatic nitrogens is 2. The molecule has 5 nitrogen and oxygen atoms in total. The van der Waals surface area contributed by atoms with E-state index in [1.54, 1.807) is 12.4 Å². The zero-order valence-electron chi connectivity index (χ0n) is 14.7. The minimum Gasteiger partial charge on any atom is -0.481 e. The number of fused-ring (bicyclic) bond motifs is 1. The van der Waals surface area contributed by atoms with Gasteiger partial charge in [0, 0.05) is 37.9 Å². The largest absolute Gasteiger partial charge is 0.481 e. The Morgan fingerprint density at radius 2 is 1.92 bits per heavy atom. The number of likely N-dealkylation sites (tertiary alicyclic amines) is 1. The summed E-state index contributed by atoms with van der Waals surface area (Å²) in [5.74, 6) is -1.08. The summed E-state index contributed by atoms with van der Waals surface area (Å²) in [6.45, 7) is 4.08. The van der Waals surface area contributed by atoms with E-state index in [2.05, 4.69) is 20.9 Å². The number of aliphatic carboxylic acids is 1. The fourth-order valence-electron chi connectivity index (χ4n) is 3.87. The lowest BCUT2D eigenvalue weighted by Gasteiger charge is -2.17. The molecule has 2 atom stereocenters. The Kier molecular flexibility index (Phi) is 4.39. The van der Waals surface area contributed by atoms with Gasteiger partial charge in [-0.25, -0.2) is 0 Å². The molecule has 3 aromatic rings. The van der Waals surface area contributed by atoms with Crippen LogP contribution in [-0.4, -0.2) is 39.0 Å². The number of nitrogens with zero attached hydrogens (tertiary/aromatic N) is 3. The van der Waals surface area contributed by atoms with Gasteiger partial charge in [0.2, 0.25) is 0 Å². The molecule has 0 aliphatic carbocycles. The Labute approximate surface area is 152 Å². The van der Waals surface area contributed by atoms with E-state index in [4.69, 9.17) is 0 Å². The first kappa shape index (κ1) is 16.7. The lowest BCUT2D eigenvalue weighted by atomic mass is 9.88. The van der Waals surface area contributed by atoms with Crippen LogP contribution in [0.3, 0.4) is 0 Å². The van der Waals surface area contributed by atoms with E-state index in [1.807, 2.05) is 43.3 Å². The lowest BCUT2D eigenvalue weighted by Crippen LogP contribution is -2.23. The number of carbonyl (C=O) groups is 1. The van der Waals surface area contributed by atoms with Crippen LogP contribution in [0.15, 0.2) is 54.9 Å². The number of carboxylic acids is 1. The van der Waals surface area contributed by atoms with E-state index in [9.17, 15) is 9.90 Å². The van der Waals surface area contributed by atoms with Crippen molar-refractivity contribution in [3.8, 4) is 0 Å². The average molecular weight is 347 g/mol. The summed E-state index contributed by atoms with van der Waals surface area (Å²) in [5.41, 5.74) is 5.16. The molecule has 0 bridgehead atoms. The third-order valence-electron chi connectivity index (χ3n) is 5.12. The highest BCUT2D eigenvalue weighted by Gasteiger charge is 2.38. The maximum atomic E-state index is 11.8. The second kappa shape index (κ2) is 6.84. The molecule has 132 valence electrons. The van der Waals surface area contributed by atoms with Crippen molar-refractivity contribution < 1.29 is 9.90 Å². The Bertz CT molecular complexity index is 957. The maximum absolute atomic E-state index is 11.8. The minimum absolute atomic E-state index is 0.0210. The number of carboxylic acid groups (broad SMARTS) is 1. The molecule has 1 aromatic heterocycles. The summed E-state index contributed by atoms with van der Waals surface area (Å²) in [6, 6.07) is 14.3. The van der Waals surface area contributed by atoms with Gasteiger partial charge in [-0.15, -0.1) is 0 Å². The highest BCUT2D eigenvalue weighted by atomic mass is 16.4. The quantitative estimate of drug-likeness (QED) is 0.785. The minimum atomic E-state index is -0.719. The van der Waals surface area contributed by atoms with Crippen molar-refractivity contribution in [2.24, 2.45) is 5.92 Å². The fourth-order valence-corrected chi connectivity index (χ4v) is 3.87. The van der Waals surface area contributed by atoms with Gasteiger partial charge in [-0.2, -0.15) is 0 Å². The molecule has 0 radical (unpaired) electrons. The summed E-state index contributed by atoms with van der Waals surface area (Å²) in [4.78, 5) is 22.7. The third kappa shape index (κ3) is 3.30. The van der Waals surface area contributed by atoms with Crippen molar-refractivity contribution in [3.05, 3.63) is 71.5 Å². The third-order valence-corrected chi connectivity index (χ3v) is 5.12. The average Bonchev–Trinajstić information content (AvgIpc) is 3.06. The van der Waals surface area contributed by atoms with Crippen molar-refractivity contribution in [1.82, 2.24) is 14.9 Å². The number of benzene rings is 2. The molecular formula is C21H21N3O2. The normalized spacial score (nSPS) is 20.5. The predicted octanol–water partition coefficient (Wildman–Crippen LogP) is 3.24. The molecule has 1 saturated heterocycles. The van der Waals surface area contributed by atoms with Gasteiger partial charge in [-0.3, -0.25) is 19.7 Å². The molecule has 2 heterocycles. The van der Waals surface area contributed by atoms with Gasteiger partial charge in [0.25, 0.3) is 0 Å². The highest BCUT2D eigenvalue weighted by Crippen LogP contribution is 2.34. The Morgan fingerprint density at radius 3 is 2.69 bits per heavy atom. The van der Waals surface area contributed by atoms with Crippen molar-refractivity contribution in [3.63, 3.8) is 0 Å². The molecule has 0 unspecified atom stereocenters. The van der Waals surface area contributed by atoms with Crippen molar-refractivity contribution in [2.75, 3.05) is 13.1 Å². The van der Waals surface area contributed by atoms with E-state index >= 15 is 0 Å². The summed E-state index contributed by atoms with van der Waals surface area (Å²) >= 11 is 0. The number of rotatable bonds is 4. The molecule has 2 aromatic carbocycles. The van der Waals surface area contributed by atoms with E-state index in [0.29, 0.717) is 6.54 Å². The monoisotopic (exact) mass is 347 g/mol. The zero-order valence-corrected chi connectivity index (χ0v) is 14.7. The molecule has 0 amide bonds. The number of hydrogen-bond donors (Lipinski definition) is 1. The van der Waals surface area contributed by atoms with Gasteiger partial charge in [0.1, 0.15) is 0 Å². The van der Waals surface area contributed by atoms with Crippen LogP contribution in [0.1, 0.15) is 22.6 Å². The summed E-state index contributed by atoms with van der Waals surface area (Å²) in [5, 5.41) is 9.69. The maximum Gasteiger partial charge on any atom is 0.308 e.